The molecule has 2 aliphatic rings. The zero-order valence-electron chi connectivity index (χ0n) is 23.7. The Labute approximate surface area is 242 Å². The average Bonchev–Trinajstić information content (AvgIpc) is 3.47. The zero-order chi connectivity index (χ0) is 27.8. The molecule has 0 bridgehead atoms. The third-order valence-electron chi connectivity index (χ3n) is 8.40. The molecule has 4 aromatic rings. The summed E-state index contributed by atoms with van der Waals surface area (Å²) in [6, 6.07) is 14.0. The molecule has 2 aromatic heterocycles. The van der Waals surface area contributed by atoms with E-state index < -0.39 is 5.97 Å². The van der Waals surface area contributed by atoms with E-state index in [9.17, 15) is 9.90 Å². The number of hydrogen-bond acceptors (Lipinski definition) is 6. The molecule has 0 amide bonds. The minimum absolute atomic E-state index is 0. The van der Waals surface area contributed by atoms with E-state index in [-0.39, 0.29) is 7.43 Å². The van der Waals surface area contributed by atoms with Crippen molar-refractivity contribution in [1.29, 1.82) is 0 Å². The van der Waals surface area contributed by atoms with Gasteiger partial charge in [0.25, 0.3) is 0 Å². The summed E-state index contributed by atoms with van der Waals surface area (Å²) in [5.41, 5.74) is 7.11. The fourth-order valence-corrected chi connectivity index (χ4v) is 6.44. The molecule has 0 unspecified atom stereocenters. The van der Waals surface area contributed by atoms with Crippen molar-refractivity contribution < 1.29 is 19.2 Å². The van der Waals surface area contributed by atoms with Crippen LogP contribution in [0.1, 0.15) is 72.8 Å². The van der Waals surface area contributed by atoms with E-state index in [0.717, 1.165) is 54.6 Å². The van der Waals surface area contributed by atoms with E-state index in [1.165, 1.54) is 54.3 Å². The van der Waals surface area contributed by atoms with E-state index >= 15 is 0 Å². The lowest BCUT2D eigenvalue weighted by molar-refractivity contribution is 0.0697. The summed E-state index contributed by atoms with van der Waals surface area (Å²) < 4.78 is 13.8. The molecule has 1 saturated carbocycles. The van der Waals surface area contributed by atoms with Gasteiger partial charge in [0.05, 0.1) is 11.3 Å². The van der Waals surface area contributed by atoms with Crippen molar-refractivity contribution >= 4 is 22.6 Å². The van der Waals surface area contributed by atoms with Crippen LogP contribution >= 0.6 is 0 Å². The molecule has 0 atom stereocenters. The number of carbonyl (C=O) groups is 1. The molecule has 1 N–H and O–H groups in total. The van der Waals surface area contributed by atoms with Crippen LogP contribution in [0.3, 0.4) is 0 Å². The summed E-state index contributed by atoms with van der Waals surface area (Å²) in [5, 5.41) is 15.1. The molecular formula is C33H42N4O4. The van der Waals surface area contributed by atoms with Crippen LogP contribution in [0.25, 0.3) is 22.2 Å². The highest BCUT2D eigenvalue weighted by Crippen LogP contribution is 2.48. The van der Waals surface area contributed by atoms with Crippen LogP contribution in [0.5, 0.6) is 5.75 Å². The molecule has 0 spiro atoms. The van der Waals surface area contributed by atoms with Gasteiger partial charge in [-0.05, 0) is 69.6 Å². The lowest BCUT2D eigenvalue weighted by Gasteiger charge is -2.27. The number of fused-ring (bicyclic) bond motifs is 5. The van der Waals surface area contributed by atoms with Gasteiger partial charge in [-0.15, -0.1) is 0 Å². The molecular weight excluding hydrogens is 516 g/mol. The predicted molar refractivity (Wildman–Crippen MR) is 163 cm³/mol. The first-order valence-corrected chi connectivity index (χ1v) is 14.4. The molecule has 1 fully saturated rings. The van der Waals surface area contributed by atoms with Gasteiger partial charge in [-0.1, -0.05) is 37.9 Å². The van der Waals surface area contributed by atoms with Crippen molar-refractivity contribution in [2.75, 3.05) is 38.6 Å². The van der Waals surface area contributed by atoms with Gasteiger partial charge in [0.2, 0.25) is 0 Å². The number of ether oxygens (including phenoxy) is 1. The lowest BCUT2D eigenvalue weighted by Crippen LogP contribution is -2.33. The molecule has 8 heteroatoms. The van der Waals surface area contributed by atoms with E-state index in [2.05, 4.69) is 51.8 Å². The van der Waals surface area contributed by atoms with Crippen molar-refractivity contribution in [3.05, 3.63) is 65.0 Å². The third-order valence-corrected chi connectivity index (χ3v) is 8.40. The molecule has 2 aromatic carbocycles. The number of carboxylic acids is 1. The summed E-state index contributed by atoms with van der Waals surface area (Å²) in [6.07, 6.45) is 6.10. The smallest absolute Gasteiger partial charge is 0.335 e. The first-order valence-electron chi connectivity index (χ1n) is 14.4. The van der Waals surface area contributed by atoms with Crippen molar-refractivity contribution in [3.8, 4) is 17.0 Å². The van der Waals surface area contributed by atoms with Crippen LogP contribution in [0.2, 0.25) is 0 Å². The second kappa shape index (κ2) is 12.0. The van der Waals surface area contributed by atoms with Crippen molar-refractivity contribution in [2.24, 2.45) is 0 Å². The maximum atomic E-state index is 11.9. The molecule has 0 saturated heterocycles. The summed E-state index contributed by atoms with van der Waals surface area (Å²) in [4.78, 5) is 16.6. The van der Waals surface area contributed by atoms with E-state index in [0.29, 0.717) is 18.1 Å². The maximum absolute atomic E-state index is 11.9. The van der Waals surface area contributed by atoms with E-state index in [1.807, 2.05) is 25.1 Å². The van der Waals surface area contributed by atoms with Gasteiger partial charge in [0, 0.05) is 60.5 Å². The minimum atomic E-state index is -0.887. The number of aromatic nitrogens is 2. The van der Waals surface area contributed by atoms with Gasteiger partial charge >= 0.3 is 5.97 Å². The second-order valence-corrected chi connectivity index (χ2v) is 11.5. The van der Waals surface area contributed by atoms with E-state index in [1.54, 1.807) is 6.07 Å². The SMILES string of the molecule is C.Cc1cc(COc2ccc3c(c2)N(CCN(C)C)CCn2c-3c(C3CCCCC3)c3ccc(C(=O)O)cc32)no1. The Morgan fingerprint density at radius 2 is 1.90 bits per heavy atom. The first-order chi connectivity index (χ1) is 19.4. The van der Waals surface area contributed by atoms with Crippen molar-refractivity contribution in [2.45, 2.75) is 65.5 Å². The van der Waals surface area contributed by atoms with Crippen LogP contribution < -0.4 is 9.64 Å². The molecule has 218 valence electrons. The number of hydrogen-bond donors (Lipinski definition) is 1. The van der Waals surface area contributed by atoms with Gasteiger partial charge in [0.1, 0.15) is 23.8 Å². The standard InChI is InChI=1S/C32H38N4O4.CH4/c1-21-17-24(33-40-21)20-39-25-10-12-27-28(19-25)35(14-13-34(2)3)15-16-36-29-18-23(32(37)38)9-11-26(29)30(31(27)36)22-7-5-4-6-8-22;/h9-12,17-19,22H,4-8,13-16,20H2,1-3H3,(H,37,38);1H4. The summed E-state index contributed by atoms with van der Waals surface area (Å²) in [7, 11) is 4.20. The summed E-state index contributed by atoms with van der Waals surface area (Å²) in [5.74, 6) is 1.15. The fourth-order valence-electron chi connectivity index (χ4n) is 6.44. The molecule has 6 rings (SSSR count). The minimum Gasteiger partial charge on any atom is -0.487 e. The Bertz CT molecular complexity index is 1530. The molecule has 1 aliphatic heterocycles. The predicted octanol–water partition coefficient (Wildman–Crippen LogP) is 6.95. The van der Waals surface area contributed by atoms with Crippen LogP contribution in [0.15, 0.2) is 47.0 Å². The maximum Gasteiger partial charge on any atom is 0.335 e. The van der Waals surface area contributed by atoms with Crippen LogP contribution in [-0.2, 0) is 13.2 Å². The Kier molecular flexibility index (Phi) is 8.40. The lowest BCUT2D eigenvalue weighted by atomic mass is 9.81. The molecule has 0 radical (unpaired) electrons. The summed E-state index contributed by atoms with van der Waals surface area (Å²) in [6.45, 7) is 5.65. The number of carboxylic acid groups (broad SMARTS) is 1. The molecule has 41 heavy (non-hydrogen) atoms. The molecule has 3 heterocycles. The van der Waals surface area contributed by atoms with Gasteiger partial charge in [-0.3, -0.25) is 0 Å². The zero-order valence-corrected chi connectivity index (χ0v) is 23.7. The van der Waals surface area contributed by atoms with Gasteiger partial charge in [-0.25, -0.2) is 4.79 Å². The molecule has 8 nitrogen and oxygen atoms in total. The number of aryl methyl sites for hydroxylation is 1. The largest absolute Gasteiger partial charge is 0.487 e. The third kappa shape index (κ3) is 5.71. The number of anilines is 1. The number of benzene rings is 2. The quantitative estimate of drug-likeness (QED) is 0.251. The van der Waals surface area contributed by atoms with Gasteiger partial charge in [-0.2, -0.15) is 0 Å². The van der Waals surface area contributed by atoms with Crippen molar-refractivity contribution in [3.63, 3.8) is 0 Å². The topological polar surface area (TPSA) is 84.0 Å². The van der Waals surface area contributed by atoms with Crippen LogP contribution in [0.4, 0.5) is 5.69 Å². The van der Waals surface area contributed by atoms with E-state index in [4.69, 9.17) is 9.26 Å². The normalized spacial score (nSPS) is 15.4. The van der Waals surface area contributed by atoms with Gasteiger partial charge < -0.3 is 28.7 Å². The summed E-state index contributed by atoms with van der Waals surface area (Å²) >= 11 is 0. The average molecular weight is 559 g/mol. The van der Waals surface area contributed by atoms with Crippen LogP contribution in [-0.4, -0.2) is 59.4 Å². The number of nitrogens with zero attached hydrogens (tertiary/aromatic N) is 4. The highest BCUT2D eigenvalue weighted by atomic mass is 16.5. The van der Waals surface area contributed by atoms with Crippen LogP contribution in [0, 0.1) is 6.92 Å². The Balaban J connectivity index is 0.00000337. The first kappa shape index (κ1) is 28.7. The highest BCUT2D eigenvalue weighted by Gasteiger charge is 2.31. The van der Waals surface area contributed by atoms with Crippen molar-refractivity contribution in [1.82, 2.24) is 14.6 Å². The monoisotopic (exact) mass is 558 g/mol. The number of rotatable bonds is 8. The Hall–Kier alpha value is -3.78. The highest BCUT2D eigenvalue weighted by molar-refractivity contribution is 5.99. The van der Waals surface area contributed by atoms with Gasteiger partial charge in [0.15, 0.2) is 0 Å². The second-order valence-electron chi connectivity index (χ2n) is 11.5. The molecule has 1 aliphatic carbocycles. The number of aromatic carboxylic acids is 1. The Morgan fingerprint density at radius 1 is 1.10 bits per heavy atom. The number of likely N-dealkylation sites (N-methyl/N-ethyl adjacent to an activating group) is 1. The Morgan fingerprint density at radius 3 is 2.61 bits per heavy atom. The fraction of sp³-hybridized carbons (Fsp3) is 0.455.